The first-order valence-corrected chi connectivity index (χ1v) is 18.1. The van der Waals surface area contributed by atoms with Crippen molar-refractivity contribution in [3.05, 3.63) is 46.3 Å². The van der Waals surface area contributed by atoms with Gasteiger partial charge in [0.1, 0.15) is 6.73 Å². The highest BCUT2D eigenvalue weighted by Gasteiger charge is 2.32. The number of anilines is 1. The number of fused-ring (bicyclic) bond motifs is 1. The minimum atomic E-state index is -4.48. The van der Waals surface area contributed by atoms with Crippen LogP contribution in [0.25, 0.3) is 10.9 Å². The van der Waals surface area contributed by atoms with Crippen LogP contribution in [0.1, 0.15) is 30.5 Å². The van der Waals surface area contributed by atoms with Crippen molar-refractivity contribution in [3.8, 4) is 0 Å². The SMILES string of the molecule is Cc1cn(C(C)COCCC(=O)N2CCN(c3ncc(C(F)(F)F)cn3)CC2)c2cnn(COCC[Si](C)(C)C)c(=O)c12. The summed E-state index contributed by atoms with van der Waals surface area (Å²) >= 11 is 0. The lowest BCUT2D eigenvalue weighted by molar-refractivity contribution is -0.138. The van der Waals surface area contributed by atoms with Crippen molar-refractivity contribution in [2.75, 3.05) is 50.9 Å². The minimum absolute atomic E-state index is 0.0558. The maximum atomic E-state index is 13.1. The summed E-state index contributed by atoms with van der Waals surface area (Å²) in [5.41, 5.74) is 0.488. The number of nitrogens with zero attached hydrogens (tertiary/aromatic N) is 7. The quantitative estimate of drug-likeness (QED) is 0.221. The third kappa shape index (κ3) is 8.41. The van der Waals surface area contributed by atoms with Gasteiger partial charge in [-0.3, -0.25) is 9.59 Å². The number of carbonyl (C=O) groups is 1. The molecule has 43 heavy (non-hydrogen) atoms. The zero-order valence-electron chi connectivity index (χ0n) is 25.4. The summed E-state index contributed by atoms with van der Waals surface area (Å²) in [7, 11) is -1.22. The van der Waals surface area contributed by atoms with Crippen LogP contribution in [-0.4, -0.2) is 89.2 Å². The first-order chi connectivity index (χ1) is 20.2. The fourth-order valence-electron chi connectivity index (χ4n) is 4.81. The number of alkyl halides is 3. The molecule has 0 saturated carbocycles. The normalized spacial score (nSPS) is 15.3. The highest BCUT2D eigenvalue weighted by atomic mass is 28.3. The number of carbonyl (C=O) groups excluding carboxylic acids is 1. The van der Waals surface area contributed by atoms with E-state index < -0.39 is 19.8 Å². The molecular weight excluding hydrogens is 583 g/mol. The zero-order valence-corrected chi connectivity index (χ0v) is 26.4. The average molecular weight is 624 g/mol. The summed E-state index contributed by atoms with van der Waals surface area (Å²) in [6.07, 6.45) is 0.868. The Kier molecular flexibility index (Phi) is 10.3. The van der Waals surface area contributed by atoms with Crippen LogP contribution in [0.15, 0.2) is 29.6 Å². The van der Waals surface area contributed by atoms with Gasteiger partial charge in [-0.05, 0) is 25.5 Å². The van der Waals surface area contributed by atoms with E-state index in [1.165, 1.54) is 4.68 Å². The van der Waals surface area contributed by atoms with Crippen molar-refractivity contribution in [3.63, 3.8) is 0 Å². The highest BCUT2D eigenvalue weighted by molar-refractivity contribution is 6.76. The second-order valence-corrected chi connectivity index (χ2v) is 17.7. The van der Waals surface area contributed by atoms with E-state index in [2.05, 4.69) is 34.7 Å². The Bertz CT molecular complexity index is 1450. The number of ether oxygens (including phenoxy) is 2. The summed E-state index contributed by atoms with van der Waals surface area (Å²) in [6, 6.07) is 0.920. The van der Waals surface area contributed by atoms with Gasteiger partial charge in [0.2, 0.25) is 11.9 Å². The minimum Gasteiger partial charge on any atom is -0.379 e. The van der Waals surface area contributed by atoms with Crippen molar-refractivity contribution in [1.29, 1.82) is 0 Å². The largest absolute Gasteiger partial charge is 0.419 e. The van der Waals surface area contributed by atoms with Crippen molar-refractivity contribution in [1.82, 2.24) is 29.2 Å². The molecule has 1 saturated heterocycles. The van der Waals surface area contributed by atoms with Gasteiger partial charge >= 0.3 is 6.18 Å². The van der Waals surface area contributed by atoms with Crippen molar-refractivity contribution in [2.24, 2.45) is 0 Å². The molecule has 1 atom stereocenters. The second-order valence-electron chi connectivity index (χ2n) is 12.1. The molecule has 0 radical (unpaired) electrons. The van der Waals surface area contributed by atoms with E-state index >= 15 is 0 Å². The summed E-state index contributed by atoms with van der Waals surface area (Å²) in [5, 5.41) is 4.93. The average Bonchev–Trinajstić information content (AvgIpc) is 3.30. The molecule has 0 bridgehead atoms. The van der Waals surface area contributed by atoms with Crippen LogP contribution in [0, 0.1) is 6.92 Å². The molecule has 4 rings (SSSR count). The van der Waals surface area contributed by atoms with Gasteiger partial charge < -0.3 is 23.8 Å². The van der Waals surface area contributed by atoms with E-state index in [1.54, 1.807) is 16.0 Å². The smallest absolute Gasteiger partial charge is 0.379 e. The number of rotatable bonds is 12. The van der Waals surface area contributed by atoms with Gasteiger partial charge in [0, 0.05) is 59.5 Å². The standard InChI is InChI=1S/C28H40F3N7O4Si/c1-20-17-37(23-16-34-38(26(40)25(20)23)19-42-12-13-43(3,4)5)21(2)18-41-11-6-24(39)35-7-9-36(10-8-35)27-32-14-22(15-33-27)28(29,30)31/h14-17,21H,6-13,18-19H2,1-5H3. The fourth-order valence-corrected chi connectivity index (χ4v) is 5.57. The van der Waals surface area contributed by atoms with Crippen molar-refractivity contribution >= 4 is 30.8 Å². The first kappa shape index (κ1) is 32.6. The summed E-state index contributed by atoms with van der Waals surface area (Å²) < 4.78 is 53.1. The Morgan fingerprint density at radius 3 is 2.35 bits per heavy atom. The van der Waals surface area contributed by atoms with Gasteiger partial charge in [-0.1, -0.05) is 19.6 Å². The molecule has 1 amide bonds. The zero-order chi connectivity index (χ0) is 31.4. The number of aromatic nitrogens is 5. The molecule has 0 N–H and O–H groups in total. The van der Waals surface area contributed by atoms with Crippen LogP contribution in [0.2, 0.25) is 25.7 Å². The molecule has 4 heterocycles. The van der Waals surface area contributed by atoms with E-state index in [1.807, 2.05) is 24.6 Å². The molecule has 0 aliphatic carbocycles. The second kappa shape index (κ2) is 13.6. The van der Waals surface area contributed by atoms with Crippen LogP contribution < -0.4 is 10.5 Å². The van der Waals surface area contributed by atoms with Crippen LogP contribution in [0.3, 0.4) is 0 Å². The molecule has 1 unspecified atom stereocenters. The van der Waals surface area contributed by atoms with E-state index in [4.69, 9.17) is 9.47 Å². The van der Waals surface area contributed by atoms with Crippen molar-refractivity contribution in [2.45, 2.75) is 64.9 Å². The molecule has 236 valence electrons. The number of amides is 1. The van der Waals surface area contributed by atoms with Crippen LogP contribution >= 0.6 is 0 Å². The summed E-state index contributed by atoms with van der Waals surface area (Å²) in [5.74, 6) is 0.157. The molecule has 1 fully saturated rings. The molecule has 11 nitrogen and oxygen atoms in total. The number of piperazine rings is 1. The molecule has 1 aliphatic heterocycles. The third-order valence-corrected chi connectivity index (χ3v) is 9.12. The lowest BCUT2D eigenvalue weighted by Crippen LogP contribution is -2.49. The van der Waals surface area contributed by atoms with Crippen LogP contribution in [0.5, 0.6) is 0 Å². The predicted octanol–water partition coefficient (Wildman–Crippen LogP) is 3.94. The van der Waals surface area contributed by atoms with E-state index in [0.717, 1.165) is 29.5 Å². The molecule has 15 heteroatoms. The van der Waals surface area contributed by atoms with Crippen molar-refractivity contribution < 1.29 is 27.4 Å². The van der Waals surface area contributed by atoms with Crippen LogP contribution in [0.4, 0.5) is 19.1 Å². The van der Waals surface area contributed by atoms with E-state index in [9.17, 15) is 22.8 Å². The monoisotopic (exact) mass is 623 g/mol. The van der Waals surface area contributed by atoms with Gasteiger partial charge in [-0.2, -0.15) is 18.3 Å². The van der Waals surface area contributed by atoms with Gasteiger partial charge in [0.25, 0.3) is 5.56 Å². The van der Waals surface area contributed by atoms with Gasteiger partial charge in [0.05, 0.1) is 48.3 Å². The molecule has 0 aromatic carbocycles. The Morgan fingerprint density at radius 1 is 1.05 bits per heavy atom. The molecular formula is C28H40F3N7O4Si. The lowest BCUT2D eigenvalue weighted by Gasteiger charge is -2.34. The number of aryl methyl sites for hydroxylation is 1. The summed E-state index contributed by atoms with van der Waals surface area (Å²) in [4.78, 5) is 37.0. The van der Waals surface area contributed by atoms with E-state index in [0.29, 0.717) is 44.8 Å². The Balaban J connectivity index is 1.23. The topological polar surface area (TPSA) is 108 Å². The lowest BCUT2D eigenvalue weighted by atomic mass is 10.2. The molecule has 3 aromatic heterocycles. The molecule has 1 aliphatic rings. The third-order valence-electron chi connectivity index (χ3n) is 7.41. The molecule has 0 spiro atoms. The van der Waals surface area contributed by atoms with Crippen LogP contribution in [-0.2, 0) is 27.2 Å². The van der Waals surface area contributed by atoms with E-state index in [-0.39, 0.29) is 43.2 Å². The molecule has 3 aromatic rings. The first-order valence-electron chi connectivity index (χ1n) is 14.4. The Labute approximate surface area is 249 Å². The maximum absolute atomic E-state index is 13.1. The van der Waals surface area contributed by atoms with Gasteiger partial charge in [0.15, 0.2) is 0 Å². The maximum Gasteiger partial charge on any atom is 0.419 e. The Hall–Kier alpha value is -3.30. The summed E-state index contributed by atoms with van der Waals surface area (Å²) in [6.45, 7) is 13.7. The van der Waals surface area contributed by atoms with Gasteiger partial charge in [-0.25, -0.2) is 14.6 Å². The fraction of sp³-hybridized carbons (Fsp3) is 0.607. The Morgan fingerprint density at radius 2 is 1.72 bits per heavy atom. The number of hydrogen-bond donors (Lipinski definition) is 0. The predicted molar refractivity (Wildman–Crippen MR) is 159 cm³/mol. The highest BCUT2D eigenvalue weighted by Crippen LogP contribution is 2.28. The number of hydrogen-bond acceptors (Lipinski definition) is 8. The van der Waals surface area contributed by atoms with Gasteiger partial charge in [-0.15, -0.1) is 0 Å². The number of halogens is 3.